The molecule has 0 amide bonds. The van der Waals surface area contributed by atoms with E-state index in [1.165, 1.54) is 43.4 Å². The number of nitrogen functional groups attached to an aromatic ring is 1. The minimum absolute atomic E-state index is 0.482. The van der Waals surface area contributed by atoms with E-state index in [0.29, 0.717) is 11.8 Å². The summed E-state index contributed by atoms with van der Waals surface area (Å²) in [6.45, 7) is 4.51. The van der Waals surface area contributed by atoms with Crippen LogP contribution in [-0.4, -0.2) is 9.78 Å². The van der Waals surface area contributed by atoms with Crippen molar-refractivity contribution in [2.24, 2.45) is 30.7 Å². The highest BCUT2D eigenvalue weighted by Gasteiger charge is 2.50. The normalized spacial score (nSPS) is 38.9. The fourth-order valence-corrected chi connectivity index (χ4v) is 5.78. The predicted octanol–water partition coefficient (Wildman–Crippen LogP) is 3.67. The zero-order valence-corrected chi connectivity index (χ0v) is 13.0. The predicted molar refractivity (Wildman–Crippen MR) is 81.5 cm³/mol. The Kier molecular flexibility index (Phi) is 2.71. The molecule has 4 saturated carbocycles. The Hall–Kier alpha value is -0.990. The molecular weight excluding hydrogens is 246 g/mol. The van der Waals surface area contributed by atoms with Gasteiger partial charge in [0, 0.05) is 18.5 Å². The Bertz CT molecular complexity index is 501. The van der Waals surface area contributed by atoms with E-state index in [4.69, 9.17) is 10.8 Å². The topological polar surface area (TPSA) is 43.8 Å². The summed E-state index contributed by atoms with van der Waals surface area (Å²) in [5.41, 5.74) is 8.99. The van der Waals surface area contributed by atoms with Gasteiger partial charge in [0.25, 0.3) is 0 Å². The van der Waals surface area contributed by atoms with Gasteiger partial charge in [0.15, 0.2) is 0 Å². The zero-order chi connectivity index (χ0) is 14.0. The Morgan fingerprint density at radius 3 is 2.10 bits per heavy atom. The number of aryl methyl sites for hydroxylation is 1. The quantitative estimate of drug-likeness (QED) is 0.893. The standard InChI is InChI=1S/C17H27N3/c1-9(2)14-16(19-20(3)17(14)18)15-12-5-10-4-11(7-12)8-13(15)6-10/h9-13,15H,4-8,18H2,1-3H3. The number of anilines is 1. The second-order valence-corrected chi connectivity index (χ2v) is 7.92. The number of nitrogens with two attached hydrogens (primary N) is 1. The SMILES string of the molecule is CC(C)c1c(C2C3CC4CC(C3)CC2C4)nn(C)c1N. The van der Waals surface area contributed by atoms with Crippen LogP contribution in [0.2, 0.25) is 0 Å². The van der Waals surface area contributed by atoms with Crippen molar-refractivity contribution in [3.8, 4) is 0 Å². The summed E-state index contributed by atoms with van der Waals surface area (Å²) < 4.78 is 1.91. The Morgan fingerprint density at radius 2 is 1.60 bits per heavy atom. The largest absolute Gasteiger partial charge is 0.384 e. The average molecular weight is 273 g/mol. The minimum Gasteiger partial charge on any atom is -0.384 e. The van der Waals surface area contributed by atoms with Crippen molar-refractivity contribution >= 4 is 5.82 Å². The van der Waals surface area contributed by atoms with E-state index in [2.05, 4.69) is 13.8 Å². The molecule has 4 aliphatic carbocycles. The molecule has 2 N–H and O–H groups in total. The summed E-state index contributed by atoms with van der Waals surface area (Å²) in [7, 11) is 2.00. The van der Waals surface area contributed by atoms with Crippen molar-refractivity contribution in [1.29, 1.82) is 0 Å². The van der Waals surface area contributed by atoms with Gasteiger partial charge < -0.3 is 5.73 Å². The average Bonchev–Trinajstić information content (AvgIpc) is 2.64. The first kappa shape index (κ1) is 12.7. The molecule has 1 aromatic heterocycles. The van der Waals surface area contributed by atoms with Crippen molar-refractivity contribution < 1.29 is 0 Å². The van der Waals surface area contributed by atoms with Crippen LogP contribution in [0.3, 0.4) is 0 Å². The molecule has 110 valence electrons. The fraction of sp³-hybridized carbons (Fsp3) is 0.824. The van der Waals surface area contributed by atoms with Crippen LogP contribution in [0.25, 0.3) is 0 Å². The molecule has 20 heavy (non-hydrogen) atoms. The molecule has 4 fully saturated rings. The highest BCUT2D eigenvalue weighted by molar-refractivity contribution is 5.47. The first-order chi connectivity index (χ1) is 9.54. The van der Waals surface area contributed by atoms with E-state index in [1.807, 2.05) is 11.7 Å². The van der Waals surface area contributed by atoms with E-state index in [1.54, 1.807) is 0 Å². The second-order valence-electron chi connectivity index (χ2n) is 7.92. The molecular formula is C17H27N3. The first-order valence-electron chi connectivity index (χ1n) is 8.36. The third-order valence-corrected chi connectivity index (χ3v) is 6.28. The molecule has 1 heterocycles. The smallest absolute Gasteiger partial charge is 0.125 e. The number of hydrogen-bond donors (Lipinski definition) is 1. The molecule has 0 aliphatic heterocycles. The number of nitrogens with zero attached hydrogens (tertiary/aromatic N) is 2. The summed E-state index contributed by atoms with van der Waals surface area (Å²) in [6.07, 6.45) is 7.32. The Balaban J connectivity index is 1.76. The van der Waals surface area contributed by atoms with Crippen LogP contribution in [-0.2, 0) is 7.05 Å². The fourth-order valence-electron chi connectivity index (χ4n) is 5.78. The van der Waals surface area contributed by atoms with Crippen LogP contribution in [0.4, 0.5) is 5.82 Å². The molecule has 0 unspecified atom stereocenters. The maximum Gasteiger partial charge on any atom is 0.125 e. The maximum atomic E-state index is 6.30. The third kappa shape index (κ3) is 1.68. The molecule has 0 aromatic carbocycles. The van der Waals surface area contributed by atoms with Crippen molar-refractivity contribution in [3.05, 3.63) is 11.3 Å². The summed E-state index contributed by atoms with van der Waals surface area (Å²) in [4.78, 5) is 0. The summed E-state index contributed by atoms with van der Waals surface area (Å²) >= 11 is 0. The van der Waals surface area contributed by atoms with E-state index < -0.39 is 0 Å². The highest BCUT2D eigenvalue weighted by atomic mass is 15.3. The first-order valence-corrected chi connectivity index (χ1v) is 8.36. The second kappa shape index (κ2) is 4.25. The number of hydrogen-bond acceptors (Lipinski definition) is 2. The molecule has 0 atom stereocenters. The lowest BCUT2D eigenvalue weighted by molar-refractivity contribution is -0.00463. The third-order valence-electron chi connectivity index (χ3n) is 6.28. The molecule has 4 aliphatic rings. The van der Waals surface area contributed by atoms with Gasteiger partial charge in [-0.25, -0.2) is 0 Å². The molecule has 0 saturated heterocycles. The van der Waals surface area contributed by atoms with Crippen molar-refractivity contribution in [2.45, 2.75) is 57.8 Å². The van der Waals surface area contributed by atoms with E-state index >= 15 is 0 Å². The monoisotopic (exact) mass is 273 g/mol. The summed E-state index contributed by atoms with van der Waals surface area (Å²) in [6, 6.07) is 0. The van der Waals surface area contributed by atoms with Gasteiger partial charge in [-0.05, 0) is 61.7 Å². The number of rotatable bonds is 2. The Labute approximate surface area is 121 Å². The maximum absolute atomic E-state index is 6.30. The number of aromatic nitrogens is 2. The van der Waals surface area contributed by atoms with Gasteiger partial charge in [0.05, 0.1) is 5.69 Å². The summed E-state index contributed by atoms with van der Waals surface area (Å²) in [5, 5.41) is 4.87. The van der Waals surface area contributed by atoms with E-state index in [0.717, 1.165) is 29.5 Å². The van der Waals surface area contributed by atoms with Crippen LogP contribution in [0.15, 0.2) is 0 Å². The lowest BCUT2D eigenvalue weighted by atomic mass is 9.51. The molecule has 5 rings (SSSR count). The summed E-state index contributed by atoms with van der Waals surface area (Å²) in [5.74, 6) is 5.90. The lowest BCUT2D eigenvalue weighted by Crippen LogP contribution is -2.44. The molecule has 0 spiro atoms. The Morgan fingerprint density at radius 1 is 1.05 bits per heavy atom. The van der Waals surface area contributed by atoms with Crippen LogP contribution in [0, 0.1) is 23.7 Å². The van der Waals surface area contributed by atoms with Gasteiger partial charge in [-0.1, -0.05) is 13.8 Å². The van der Waals surface area contributed by atoms with E-state index in [9.17, 15) is 0 Å². The van der Waals surface area contributed by atoms with E-state index in [-0.39, 0.29) is 0 Å². The molecule has 4 bridgehead atoms. The lowest BCUT2D eigenvalue weighted by Gasteiger charge is -2.54. The van der Waals surface area contributed by atoms with Crippen molar-refractivity contribution in [3.63, 3.8) is 0 Å². The molecule has 3 nitrogen and oxygen atoms in total. The molecule has 1 aromatic rings. The molecule has 3 heteroatoms. The zero-order valence-electron chi connectivity index (χ0n) is 13.0. The molecule has 0 radical (unpaired) electrons. The van der Waals surface area contributed by atoms with Gasteiger partial charge in [-0.15, -0.1) is 0 Å². The van der Waals surface area contributed by atoms with Crippen LogP contribution in [0.1, 0.15) is 69.0 Å². The highest BCUT2D eigenvalue weighted by Crippen LogP contribution is 2.60. The van der Waals surface area contributed by atoms with Gasteiger partial charge >= 0.3 is 0 Å². The van der Waals surface area contributed by atoms with Crippen LogP contribution < -0.4 is 5.73 Å². The van der Waals surface area contributed by atoms with Gasteiger partial charge in [-0.3, -0.25) is 4.68 Å². The van der Waals surface area contributed by atoms with Crippen molar-refractivity contribution in [1.82, 2.24) is 9.78 Å². The van der Waals surface area contributed by atoms with Crippen molar-refractivity contribution in [2.75, 3.05) is 5.73 Å². The van der Waals surface area contributed by atoms with Crippen LogP contribution in [0.5, 0.6) is 0 Å². The van der Waals surface area contributed by atoms with Gasteiger partial charge in [-0.2, -0.15) is 5.10 Å². The van der Waals surface area contributed by atoms with Gasteiger partial charge in [0.1, 0.15) is 5.82 Å². The van der Waals surface area contributed by atoms with Gasteiger partial charge in [0.2, 0.25) is 0 Å². The van der Waals surface area contributed by atoms with Crippen LogP contribution >= 0.6 is 0 Å². The minimum atomic E-state index is 0.482.